The minimum Gasteiger partial charge on any atom is -0.341 e. The second-order valence-electron chi connectivity index (χ2n) is 5.95. The topological polar surface area (TPSA) is 50.2 Å². The molecule has 1 saturated carbocycles. The Bertz CT molecular complexity index is 633. The van der Waals surface area contributed by atoms with Gasteiger partial charge >= 0.3 is 0 Å². The Labute approximate surface area is 131 Å². The van der Waals surface area contributed by atoms with Gasteiger partial charge in [0.15, 0.2) is 0 Å². The molecule has 0 bridgehead atoms. The molecule has 116 valence electrons. The van der Waals surface area contributed by atoms with Crippen molar-refractivity contribution in [2.24, 2.45) is 7.05 Å². The number of carbonyl (C=O) groups excluding carboxylic acids is 1. The standard InChI is InChI=1S/C17H22N4O/c1-20-11-10-18-17(20)16(13-6-4-3-5-7-13)19-15(22)12-21(2)14-8-9-14/h3-7,10-11,14,16H,8-9,12H2,1-2H3,(H,19,22)/t16-/m0/s1. The van der Waals surface area contributed by atoms with Crippen molar-refractivity contribution in [1.29, 1.82) is 0 Å². The molecule has 1 heterocycles. The summed E-state index contributed by atoms with van der Waals surface area (Å²) in [4.78, 5) is 18.9. The lowest BCUT2D eigenvalue weighted by atomic mass is 10.1. The molecule has 1 atom stereocenters. The van der Waals surface area contributed by atoms with Gasteiger partial charge in [-0.15, -0.1) is 0 Å². The molecule has 5 nitrogen and oxygen atoms in total. The Kier molecular flexibility index (Phi) is 4.24. The summed E-state index contributed by atoms with van der Waals surface area (Å²) in [5, 5.41) is 3.13. The third-order valence-corrected chi connectivity index (χ3v) is 4.12. The van der Waals surface area contributed by atoms with Crippen LogP contribution in [0.3, 0.4) is 0 Å². The van der Waals surface area contributed by atoms with E-state index in [0.29, 0.717) is 12.6 Å². The molecule has 1 amide bonds. The highest BCUT2D eigenvalue weighted by Crippen LogP contribution is 2.25. The molecule has 1 aliphatic carbocycles. The maximum atomic E-state index is 12.4. The highest BCUT2D eigenvalue weighted by atomic mass is 16.2. The quantitative estimate of drug-likeness (QED) is 0.883. The van der Waals surface area contributed by atoms with Gasteiger partial charge in [-0.05, 0) is 25.5 Å². The summed E-state index contributed by atoms with van der Waals surface area (Å²) < 4.78 is 1.95. The van der Waals surface area contributed by atoms with Gasteiger partial charge in [0, 0.05) is 25.5 Å². The molecule has 2 aromatic rings. The van der Waals surface area contributed by atoms with Crippen molar-refractivity contribution < 1.29 is 4.79 Å². The van der Waals surface area contributed by atoms with Crippen molar-refractivity contribution in [2.45, 2.75) is 24.9 Å². The number of carbonyl (C=O) groups is 1. The third kappa shape index (κ3) is 3.36. The molecule has 1 aliphatic rings. The van der Waals surface area contributed by atoms with Crippen molar-refractivity contribution in [3.63, 3.8) is 0 Å². The van der Waals surface area contributed by atoms with E-state index in [1.807, 2.05) is 55.2 Å². The first-order chi connectivity index (χ1) is 10.6. The summed E-state index contributed by atoms with van der Waals surface area (Å²) in [6.45, 7) is 0.429. The van der Waals surface area contributed by atoms with Gasteiger partial charge in [0.05, 0.1) is 6.54 Å². The van der Waals surface area contributed by atoms with Crippen LogP contribution in [0, 0.1) is 0 Å². The number of hydrogen-bond donors (Lipinski definition) is 1. The largest absolute Gasteiger partial charge is 0.341 e. The van der Waals surface area contributed by atoms with Crippen LogP contribution in [-0.4, -0.2) is 40.0 Å². The number of amides is 1. The number of nitrogens with zero attached hydrogens (tertiary/aromatic N) is 3. The summed E-state index contributed by atoms with van der Waals surface area (Å²) in [5.74, 6) is 0.875. The zero-order chi connectivity index (χ0) is 15.5. The minimum atomic E-state index is -0.221. The Morgan fingerprint density at radius 1 is 1.41 bits per heavy atom. The lowest BCUT2D eigenvalue weighted by Gasteiger charge is -2.21. The van der Waals surface area contributed by atoms with E-state index in [-0.39, 0.29) is 11.9 Å². The van der Waals surface area contributed by atoms with Crippen LogP contribution < -0.4 is 5.32 Å². The van der Waals surface area contributed by atoms with E-state index in [1.165, 1.54) is 12.8 Å². The smallest absolute Gasteiger partial charge is 0.235 e. The first-order valence-corrected chi connectivity index (χ1v) is 7.67. The molecule has 0 aliphatic heterocycles. The van der Waals surface area contributed by atoms with Gasteiger partial charge in [-0.2, -0.15) is 0 Å². The maximum absolute atomic E-state index is 12.4. The Morgan fingerprint density at radius 2 is 2.14 bits per heavy atom. The number of aryl methyl sites for hydroxylation is 1. The molecule has 3 rings (SSSR count). The molecular formula is C17H22N4O. The fourth-order valence-electron chi connectivity index (χ4n) is 2.68. The first kappa shape index (κ1) is 14.8. The van der Waals surface area contributed by atoms with Crippen molar-refractivity contribution in [3.05, 3.63) is 54.1 Å². The van der Waals surface area contributed by atoms with Crippen LogP contribution in [0.4, 0.5) is 0 Å². The van der Waals surface area contributed by atoms with E-state index in [2.05, 4.69) is 15.2 Å². The van der Waals surface area contributed by atoms with E-state index in [1.54, 1.807) is 6.20 Å². The van der Waals surface area contributed by atoms with Gasteiger partial charge in [0.1, 0.15) is 11.9 Å². The third-order valence-electron chi connectivity index (χ3n) is 4.12. The lowest BCUT2D eigenvalue weighted by Crippen LogP contribution is -2.39. The van der Waals surface area contributed by atoms with Gasteiger partial charge in [0.2, 0.25) is 5.91 Å². The second-order valence-corrected chi connectivity index (χ2v) is 5.95. The minimum absolute atomic E-state index is 0.0336. The zero-order valence-corrected chi connectivity index (χ0v) is 13.1. The van der Waals surface area contributed by atoms with Gasteiger partial charge in [-0.3, -0.25) is 9.69 Å². The Morgan fingerprint density at radius 3 is 2.73 bits per heavy atom. The van der Waals surface area contributed by atoms with Crippen LogP contribution in [0.15, 0.2) is 42.7 Å². The summed E-state index contributed by atoms with van der Waals surface area (Å²) >= 11 is 0. The molecule has 22 heavy (non-hydrogen) atoms. The predicted octanol–water partition coefficient (Wildman–Crippen LogP) is 1.72. The van der Waals surface area contributed by atoms with E-state index in [9.17, 15) is 4.79 Å². The van der Waals surface area contributed by atoms with Crippen LogP contribution in [0.1, 0.15) is 30.3 Å². The van der Waals surface area contributed by atoms with Crippen LogP contribution in [0.2, 0.25) is 0 Å². The molecule has 1 fully saturated rings. The van der Waals surface area contributed by atoms with Gasteiger partial charge in [-0.1, -0.05) is 30.3 Å². The fraction of sp³-hybridized carbons (Fsp3) is 0.412. The summed E-state index contributed by atoms with van der Waals surface area (Å²) in [5.41, 5.74) is 1.04. The van der Waals surface area contributed by atoms with Crippen molar-refractivity contribution in [3.8, 4) is 0 Å². The summed E-state index contributed by atoms with van der Waals surface area (Å²) in [6, 6.07) is 10.3. The molecule has 1 N–H and O–H groups in total. The molecule has 0 spiro atoms. The zero-order valence-electron chi connectivity index (χ0n) is 13.1. The number of aromatic nitrogens is 2. The molecule has 0 radical (unpaired) electrons. The highest BCUT2D eigenvalue weighted by Gasteiger charge is 2.28. The average molecular weight is 298 g/mol. The Balaban J connectivity index is 1.77. The van der Waals surface area contributed by atoms with E-state index in [4.69, 9.17) is 0 Å². The number of nitrogens with one attached hydrogen (secondary N) is 1. The highest BCUT2D eigenvalue weighted by molar-refractivity contribution is 5.79. The van der Waals surface area contributed by atoms with Gasteiger partial charge in [0.25, 0.3) is 0 Å². The molecule has 1 aromatic carbocycles. The molecule has 0 saturated heterocycles. The number of likely N-dealkylation sites (N-methyl/N-ethyl adjacent to an activating group) is 1. The van der Waals surface area contributed by atoms with Crippen LogP contribution in [0.25, 0.3) is 0 Å². The van der Waals surface area contributed by atoms with Crippen LogP contribution in [0.5, 0.6) is 0 Å². The van der Waals surface area contributed by atoms with Crippen molar-refractivity contribution in [2.75, 3.05) is 13.6 Å². The van der Waals surface area contributed by atoms with Gasteiger partial charge < -0.3 is 9.88 Å². The lowest BCUT2D eigenvalue weighted by molar-refractivity contribution is -0.122. The predicted molar refractivity (Wildman–Crippen MR) is 85.3 cm³/mol. The van der Waals surface area contributed by atoms with Crippen LogP contribution >= 0.6 is 0 Å². The molecule has 1 aromatic heterocycles. The van der Waals surface area contributed by atoms with Crippen LogP contribution in [-0.2, 0) is 11.8 Å². The SMILES string of the molecule is CN(CC(=O)N[C@@H](c1ccccc1)c1nccn1C)C1CC1. The number of benzene rings is 1. The fourth-order valence-corrected chi connectivity index (χ4v) is 2.68. The van der Waals surface area contributed by atoms with E-state index in [0.717, 1.165) is 11.4 Å². The Hall–Kier alpha value is -2.14. The van der Waals surface area contributed by atoms with E-state index >= 15 is 0 Å². The average Bonchev–Trinajstić information content (AvgIpc) is 3.29. The normalized spacial score (nSPS) is 15.8. The van der Waals surface area contributed by atoms with Crippen molar-refractivity contribution in [1.82, 2.24) is 19.8 Å². The summed E-state index contributed by atoms with van der Waals surface area (Å²) in [7, 11) is 3.95. The summed E-state index contributed by atoms with van der Waals surface area (Å²) in [6.07, 6.45) is 6.05. The monoisotopic (exact) mass is 298 g/mol. The number of imidazole rings is 1. The molecular weight excluding hydrogens is 276 g/mol. The van der Waals surface area contributed by atoms with Crippen molar-refractivity contribution >= 4 is 5.91 Å². The maximum Gasteiger partial charge on any atom is 0.235 e. The van der Waals surface area contributed by atoms with E-state index < -0.39 is 0 Å². The number of hydrogen-bond acceptors (Lipinski definition) is 3. The first-order valence-electron chi connectivity index (χ1n) is 7.67. The number of rotatable bonds is 6. The van der Waals surface area contributed by atoms with Gasteiger partial charge in [-0.25, -0.2) is 4.98 Å². The second kappa shape index (κ2) is 6.32. The molecule has 5 heteroatoms. The molecule has 0 unspecified atom stereocenters.